The molecule has 4 rings (SSSR count). The summed E-state index contributed by atoms with van der Waals surface area (Å²) < 4.78 is 65.8. The molecule has 0 aliphatic heterocycles. The number of halogens is 5. The monoisotopic (exact) mass is 306 g/mol. The highest BCUT2D eigenvalue weighted by atomic mass is 19.4. The lowest BCUT2D eigenvalue weighted by molar-refractivity contribution is -0.371. The number of hydrogen-bond acceptors (Lipinski definition) is 1. The van der Waals surface area contributed by atoms with Crippen LogP contribution in [0.1, 0.15) is 30.4 Å². The second kappa shape index (κ2) is 3.75. The van der Waals surface area contributed by atoms with Gasteiger partial charge in [-0.05, 0) is 30.5 Å². The van der Waals surface area contributed by atoms with Gasteiger partial charge in [0.25, 0.3) is 5.92 Å². The lowest BCUT2D eigenvalue weighted by Gasteiger charge is -2.75. The Morgan fingerprint density at radius 1 is 1.14 bits per heavy atom. The van der Waals surface area contributed by atoms with Crippen LogP contribution in [0.2, 0.25) is 0 Å². The van der Waals surface area contributed by atoms with Gasteiger partial charge in [0.1, 0.15) is 0 Å². The van der Waals surface area contributed by atoms with Crippen LogP contribution in [0.3, 0.4) is 0 Å². The van der Waals surface area contributed by atoms with E-state index in [2.05, 4.69) is 0 Å². The highest BCUT2D eigenvalue weighted by molar-refractivity contribution is 5.70. The van der Waals surface area contributed by atoms with Crippen molar-refractivity contribution in [2.75, 3.05) is 0 Å². The Labute approximate surface area is 116 Å². The first-order valence-electron chi connectivity index (χ1n) is 6.32. The average molecular weight is 306 g/mol. The number of alkyl halides is 5. The van der Waals surface area contributed by atoms with Crippen molar-refractivity contribution >= 4 is 5.97 Å². The minimum absolute atomic E-state index is 0.00463. The molecule has 0 saturated heterocycles. The number of aliphatic carboxylic acids is 1. The molecule has 2 bridgehead atoms. The van der Waals surface area contributed by atoms with Gasteiger partial charge in [0, 0.05) is 5.41 Å². The van der Waals surface area contributed by atoms with E-state index >= 15 is 0 Å². The molecule has 3 aliphatic carbocycles. The van der Waals surface area contributed by atoms with Crippen LogP contribution < -0.4 is 0 Å². The summed E-state index contributed by atoms with van der Waals surface area (Å²) in [5.74, 6) is -4.46. The minimum Gasteiger partial charge on any atom is -0.481 e. The molecule has 3 aliphatic rings. The largest absolute Gasteiger partial charge is 0.481 e. The molecule has 1 aromatic carbocycles. The van der Waals surface area contributed by atoms with E-state index in [1.165, 1.54) is 0 Å². The van der Waals surface area contributed by atoms with Crippen molar-refractivity contribution in [1.29, 1.82) is 0 Å². The van der Waals surface area contributed by atoms with Gasteiger partial charge in [-0.25, -0.2) is 8.78 Å². The van der Waals surface area contributed by atoms with Crippen molar-refractivity contribution in [2.24, 2.45) is 5.41 Å². The van der Waals surface area contributed by atoms with Crippen LogP contribution >= 0.6 is 0 Å². The zero-order chi connectivity index (χ0) is 15.7. The van der Waals surface area contributed by atoms with E-state index < -0.39 is 40.9 Å². The van der Waals surface area contributed by atoms with E-state index in [1.54, 1.807) is 0 Å². The molecule has 0 amide bonds. The third kappa shape index (κ3) is 1.60. The van der Waals surface area contributed by atoms with E-state index in [9.17, 15) is 26.7 Å². The number of carbonyl (C=O) groups is 1. The van der Waals surface area contributed by atoms with Crippen molar-refractivity contribution in [3.63, 3.8) is 0 Å². The van der Waals surface area contributed by atoms with Crippen LogP contribution in [0.15, 0.2) is 24.3 Å². The molecule has 0 atom stereocenters. The van der Waals surface area contributed by atoms with E-state index in [4.69, 9.17) is 5.11 Å². The third-order valence-electron chi connectivity index (χ3n) is 4.80. The van der Waals surface area contributed by atoms with Gasteiger partial charge in [-0.1, -0.05) is 12.1 Å². The first kappa shape index (κ1) is 14.3. The van der Waals surface area contributed by atoms with Crippen LogP contribution in [-0.2, 0) is 16.4 Å². The third-order valence-corrected chi connectivity index (χ3v) is 4.80. The minimum atomic E-state index is -4.51. The Morgan fingerprint density at radius 3 is 2.05 bits per heavy atom. The van der Waals surface area contributed by atoms with Crippen molar-refractivity contribution in [3.05, 3.63) is 35.4 Å². The Hall–Kier alpha value is -1.66. The predicted octanol–water partition coefficient (Wildman–Crippen LogP) is 3.85. The summed E-state index contributed by atoms with van der Waals surface area (Å²) in [6.07, 6.45) is -5.11. The first-order valence-corrected chi connectivity index (χ1v) is 6.32. The average Bonchev–Trinajstić information content (AvgIpc) is 2.32. The number of carboxylic acid groups (broad SMARTS) is 1. The molecular formula is C14H11F5O2. The smallest absolute Gasteiger partial charge is 0.416 e. The summed E-state index contributed by atoms with van der Waals surface area (Å²) in [5.41, 5.74) is -3.76. The van der Waals surface area contributed by atoms with Gasteiger partial charge in [0.2, 0.25) is 0 Å². The standard InChI is InChI=1S/C14H11F5O2/c15-13(16,17)9-3-1-8(2-4-9)12-6-11(7-12,5-10(20)21)14(12,18)19/h1-4H,5-7H2,(H,20,21). The molecule has 0 aromatic heterocycles. The van der Waals surface area contributed by atoms with E-state index in [-0.39, 0.29) is 18.4 Å². The summed E-state index contributed by atoms with van der Waals surface area (Å²) >= 11 is 0. The summed E-state index contributed by atoms with van der Waals surface area (Å²) in [6, 6.07) is 3.71. The molecular weight excluding hydrogens is 295 g/mol. The zero-order valence-electron chi connectivity index (χ0n) is 10.7. The molecule has 2 nitrogen and oxygen atoms in total. The quantitative estimate of drug-likeness (QED) is 0.861. The fourth-order valence-electron chi connectivity index (χ4n) is 3.73. The Balaban J connectivity index is 1.86. The summed E-state index contributed by atoms with van der Waals surface area (Å²) in [7, 11) is 0. The van der Waals surface area contributed by atoms with Gasteiger partial charge in [-0.2, -0.15) is 13.2 Å². The number of rotatable bonds is 3. The topological polar surface area (TPSA) is 37.3 Å². The number of benzene rings is 1. The number of hydrogen-bond donors (Lipinski definition) is 1. The first-order chi connectivity index (χ1) is 9.54. The molecule has 21 heavy (non-hydrogen) atoms. The van der Waals surface area contributed by atoms with E-state index in [1.807, 2.05) is 0 Å². The summed E-state index contributed by atoms with van der Waals surface area (Å²) in [5, 5.41) is 8.69. The van der Waals surface area contributed by atoms with E-state index in [0.29, 0.717) is 0 Å². The van der Waals surface area contributed by atoms with Crippen LogP contribution in [0, 0.1) is 5.41 Å². The molecule has 0 spiro atoms. The number of carboxylic acids is 1. The van der Waals surface area contributed by atoms with Gasteiger partial charge in [-0.3, -0.25) is 4.79 Å². The zero-order valence-corrected chi connectivity index (χ0v) is 10.7. The fourth-order valence-corrected chi connectivity index (χ4v) is 3.73. The van der Waals surface area contributed by atoms with Gasteiger partial charge >= 0.3 is 12.1 Å². The second-order valence-electron chi connectivity index (χ2n) is 5.94. The normalized spacial score (nSPS) is 33.0. The molecule has 1 aromatic rings. The molecule has 3 saturated carbocycles. The lowest BCUT2D eigenvalue weighted by Crippen LogP contribution is -2.81. The Morgan fingerprint density at radius 2 is 1.67 bits per heavy atom. The van der Waals surface area contributed by atoms with Crippen molar-refractivity contribution in [2.45, 2.75) is 36.8 Å². The lowest BCUT2D eigenvalue weighted by atomic mass is 9.30. The second-order valence-corrected chi connectivity index (χ2v) is 5.94. The van der Waals surface area contributed by atoms with Crippen LogP contribution in [0.25, 0.3) is 0 Å². The summed E-state index contributed by atoms with van der Waals surface area (Å²) in [6.45, 7) is 0. The maximum absolute atomic E-state index is 14.2. The van der Waals surface area contributed by atoms with Crippen LogP contribution in [0.4, 0.5) is 22.0 Å². The Bertz CT molecular complexity index is 597. The molecule has 0 radical (unpaired) electrons. The fraction of sp³-hybridized carbons (Fsp3) is 0.500. The van der Waals surface area contributed by atoms with Gasteiger partial charge in [0.05, 0.1) is 17.4 Å². The van der Waals surface area contributed by atoms with Crippen LogP contribution in [0.5, 0.6) is 0 Å². The molecule has 3 fully saturated rings. The maximum Gasteiger partial charge on any atom is 0.416 e. The van der Waals surface area contributed by atoms with E-state index in [0.717, 1.165) is 24.3 Å². The predicted molar refractivity (Wildman–Crippen MR) is 62.0 cm³/mol. The molecule has 7 heteroatoms. The van der Waals surface area contributed by atoms with Crippen LogP contribution in [-0.4, -0.2) is 17.0 Å². The Kier molecular flexibility index (Phi) is 2.55. The summed E-state index contributed by atoms with van der Waals surface area (Å²) in [4.78, 5) is 10.7. The molecule has 0 unspecified atom stereocenters. The van der Waals surface area contributed by atoms with Crippen molar-refractivity contribution in [1.82, 2.24) is 0 Å². The molecule has 0 heterocycles. The van der Waals surface area contributed by atoms with Gasteiger partial charge < -0.3 is 5.11 Å². The van der Waals surface area contributed by atoms with Gasteiger partial charge in [0.15, 0.2) is 0 Å². The highest BCUT2D eigenvalue weighted by Crippen LogP contribution is 2.82. The maximum atomic E-state index is 14.2. The van der Waals surface area contributed by atoms with Crippen molar-refractivity contribution in [3.8, 4) is 0 Å². The molecule has 1 N–H and O–H groups in total. The molecule has 114 valence electrons. The highest BCUT2D eigenvalue weighted by Gasteiger charge is 2.88. The van der Waals surface area contributed by atoms with Crippen molar-refractivity contribution < 1.29 is 31.9 Å². The van der Waals surface area contributed by atoms with Gasteiger partial charge in [-0.15, -0.1) is 0 Å². The SMILES string of the molecule is O=C(O)CC12CC(c3ccc(C(F)(F)F)cc3)(C1)C2(F)F.